The van der Waals surface area contributed by atoms with Crippen molar-refractivity contribution < 1.29 is 0 Å². The molecule has 0 aromatic carbocycles. The Labute approximate surface area is 83.3 Å². The summed E-state index contributed by atoms with van der Waals surface area (Å²) in [6.07, 6.45) is 7.16. The molecule has 0 bridgehead atoms. The number of hydrogen-bond acceptors (Lipinski definition) is 1. The molecule has 1 N–H and O–H groups in total. The normalized spacial score (nSPS) is 21.9. The van der Waals surface area contributed by atoms with Crippen molar-refractivity contribution in [1.82, 2.24) is 5.32 Å². The fraction of sp³-hybridized carbons (Fsp3) is 1.00. The molecule has 1 aliphatic rings. The second kappa shape index (κ2) is 4.45. The number of hydrogen-bond donors (Lipinski definition) is 1. The van der Waals surface area contributed by atoms with E-state index in [1.807, 2.05) is 0 Å². The van der Waals surface area contributed by atoms with E-state index in [2.05, 4.69) is 33.1 Å². The Morgan fingerprint density at radius 2 is 1.85 bits per heavy atom. The van der Waals surface area contributed by atoms with Gasteiger partial charge in [-0.25, -0.2) is 0 Å². The first kappa shape index (κ1) is 11.0. The van der Waals surface area contributed by atoms with Crippen molar-refractivity contribution in [2.75, 3.05) is 7.05 Å². The van der Waals surface area contributed by atoms with E-state index in [0.29, 0.717) is 5.41 Å². The van der Waals surface area contributed by atoms with Crippen LogP contribution in [0.25, 0.3) is 0 Å². The van der Waals surface area contributed by atoms with E-state index < -0.39 is 0 Å². The molecule has 1 unspecified atom stereocenters. The molecule has 0 aromatic heterocycles. The zero-order valence-electron chi connectivity index (χ0n) is 9.69. The van der Waals surface area contributed by atoms with E-state index in [0.717, 1.165) is 12.0 Å². The summed E-state index contributed by atoms with van der Waals surface area (Å²) in [7, 11) is 2.09. The Morgan fingerprint density at radius 1 is 1.23 bits per heavy atom. The van der Waals surface area contributed by atoms with Crippen molar-refractivity contribution in [2.24, 2.45) is 11.3 Å². The zero-order chi connectivity index (χ0) is 9.90. The Bertz CT molecular complexity index is 147. The van der Waals surface area contributed by atoms with Crippen LogP contribution < -0.4 is 5.32 Å². The van der Waals surface area contributed by atoms with Gasteiger partial charge in [-0.1, -0.05) is 26.7 Å². The van der Waals surface area contributed by atoms with Crippen molar-refractivity contribution in [3.8, 4) is 0 Å². The lowest BCUT2D eigenvalue weighted by Gasteiger charge is -2.23. The molecule has 1 aliphatic carbocycles. The summed E-state index contributed by atoms with van der Waals surface area (Å²) < 4.78 is 0. The molecule has 0 amide bonds. The predicted octanol–water partition coefficient (Wildman–Crippen LogP) is 3.20. The number of rotatable bonds is 6. The van der Waals surface area contributed by atoms with Gasteiger partial charge in [0.15, 0.2) is 0 Å². The molecule has 78 valence electrons. The third-order valence-electron chi connectivity index (χ3n) is 3.70. The summed E-state index contributed by atoms with van der Waals surface area (Å²) in [5.74, 6) is 0.876. The highest BCUT2D eigenvalue weighted by Gasteiger charge is 2.45. The topological polar surface area (TPSA) is 12.0 Å². The average Bonchev–Trinajstić information content (AvgIpc) is 2.84. The van der Waals surface area contributed by atoms with Crippen LogP contribution in [0.15, 0.2) is 0 Å². The standard InChI is InChI=1S/C12H25N/c1-10(2)6-5-7-12(8-9-12)11(3)13-4/h10-11,13H,5-9H2,1-4H3. The molecule has 1 nitrogen and oxygen atoms in total. The highest BCUT2D eigenvalue weighted by Crippen LogP contribution is 2.52. The van der Waals surface area contributed by atoms with Gasteiger partial charge in [0.1, 0.15) is 0 Å². The maximum Gasteiger partial charge on any atom is 0.00921 e. The third-order valence-corrected chi connectivity index (χ3v) is 3.70. The minimum absolute atomic E-state index is 0.684. The van der Waals surface area contributed by atoms with Crippen molar-refractivity contribution in [3.05, 3.63) is 0 Å². The van der Waals surface area contributed by atoms with Crippen LogP contribution in [0.4, 0.5) is 0 Å². The van der Waals surface area contributed by atoms with E-state index in [1.54, 1.807) is 0 Å². The minimum atomic E-state index is 0.684. The van der Waals surface area contributed by atoms with Crippen LogP contribution in [0.5, 0.6) is 0 Å². The van der Waals surface area contributed by atoms with Gasteiger partial charge in [0.25, 0.3) is 0 Å². The van der Waals surface area contributed by atoms with Gasteiger partial charge in [-0.05, 0) is 44.6 Å². The van der Waals surface area contributed by atoms with E-state index >= 15 is 0 Å². The molecule has 1 saturated carbocycles. The Morgan fingerprint density at radius 3 is 2.23 bits per heavy atom. The third kappa shape index (κ3) is 2.98. The van der Waals surface area contributed by atoms with Crippen LogP contribution in [-0.4, -0.2) is 13.1 Å². The van der Waals surface area contributed by atoms with E-state index in [-0.39, 0.29) is 0 Å². The highest BCUT2D eigenvalue weighted by molar-refractivity contribution is 4.99. The van der Waals surface area contributed by atoms with Gasteiger partial charge in [0.05, 0.1) is 0 Å². The molecule has 1 rings (SSSR count). The van der Waals surface area contributed by atoms with Crippen LogP contribution in [0, 0.1) is 11.3 Å². The van der Waals surface area contributed by atoms with Gasteiger partial charge in [-0.15, -0.1) is 0 Å². The minimum Gasteiger partial charge on any atom is -0.317 e. The molecule has 13 heavy (non-hydrogen) atoms. The monoisotopic (exact) mass is 183 g/mol. The molecule has 1 heteroatoms. The Kier molecular flexibility index (Phi) is 3.78. The first-order valence-corrected chi connectivity index (χ1v) is 5.78. The zero-order valence-corrected chi connectivity index (χ0v) is 9.69. The summed E-state index contributed by atoms with van der Waals surface area (Å²) >= 11 is 0. The quantitative estimate of drug-likeness (QED) is 0.667. The van der Waals surface area contributed by atoms with Gasteiger partial charge >= 0.3 is 0 Å². The van der Waals surface area contributed by atoms with E-state index in [4.69, 9.17) is 0 Å². The van der Waals surface area contributed by atoms with Gasteiger partial charge in [0.2, 0.25) is 0 Å². The second-order valence-corrected chi connectivity index (χ2v) is 5.16. The predicted molar refractivity (Wildman–Crippen MR) is 58.9 cm³/mol. The van der Waals surface area contributed by atoms with Crippen LogP contribution >= 0.6 is 0 Å². The van der Waals surface area contributed by atoms with Crippen molar-refractivity contribution in [1.29, 1.82) is 0 Å². The molecule has 0 radical (unpaired) electrons. The van der Waals surface area contributed by atoms with E-state index in [1.165, 1.54) is 32.1 Å². The van der Waals surface area contributed by atoms with Crippen molar-refractivity contribution in [2.45, 2.75) is 58.9 Å². The van der Waals surface area contributed by atoms with Gasteiger partial charge in [-0.2, -0.15) is 0 Å². The smallest absolute Gasteiger partial charge is 0.00921 e. The fourth-order valence-electron chi connectivity index (χ4n) is 2.23. The Hall–Kier alpha value is -0.0400. The largest absolute Gasteiger partial charge is 0.317 e. The molecular formula is C12H25N. The molecule has 0 heterocycles. The maximum atomic E-state index is 3.41. The first-order chi connectivity index (χ1) is 6.10. The Balaban J connectivity index is 2.20. The lowest BCUT2D eigenvalue weighted by Crippen LogP contribution is -2.31. The maximum absolute atomic E-state index is 3.41. The molecule has 0 spiro atoms. The first-order valence-electron chi connectivity index (χ1n) is 5.78. The molecule has 0 aromatic rings. The summed E-state index contributed by atoms with van der Waals surface area (Å²) in [5, 5.41) is 3.41. The number of nitrogens with one attached hydrogen (secondary N) is 1. The molecule has 1 fully saturated rings. The van der Waals surface area contributed by atoms with Crippen LogP contribution in [-0.2, 0) is 0 Å². The SMILES string of the molecule is CNC(C)C1(CCCC(C)C)CC1. The summed E-state index contributed by atoms with van der Waals surface area (Å²) in [6.45, 7) is 6.98. The van der Waals surface area contributed by atoms with Crippen molar-refractivity contribution in [3.63, 3.8) is 0 Å². The molecular weight excluding hydrogens is 158 g/mol. The van der Waals surface area contributed by atoms with Gasteiger partial charge < -0.3 is 5.32 Å². The lowest BCUT2D eigenvalue weighted by atomic mass is 9.90. The molecule has 0 aliphatic heterocycles. The molecule has 1 atom stereocenters. The fourth-order valence-corrected chi connectivity index (χ4v) is 2.23. The summed E-state index contributed by atoms with van der Waals surface area (Å²) in [4.78, 5) is 0. The van der Waals surface area contributed by atoms with Crippen molar-refractivity contribution >= 4 is 0 Å². The summed E-state index contributed by atoms with van der Waals surface area (Å²) in [5.41, 5.74) is 0.684. The second-order valence-electron chi connectivity index (χ2n) is 5.16. The van der Waals surface area contributed by atoms with Crippen LogP contribution in [0.2, 0.25) is 0 Å². The highest BCUT2D eigenvalue weighted by atomic mass is 14.9. The average molecular weight is 183 g/mol. The van der Waals surface area contributed by atoms with Gasteiger partial charge in [-0.3, -0.25) is 0 Å². The van der Waals surface area contributed by atoms with Crippen LogP contribution in [0.3, 0.4) is 0 Å². The summed E-state index contributed by atoms with van der Waals surface area (Å²) in [6, 6.07) is 0.722. The lowest BCUT2D eigenvalue weighted by molar-refractivity contribution is 0.327. The van der Waals surface area contributed by atoms with E-state index in [9.17, 15) is 0 Å². The molecule has 0 saturated heterocycles. The van der Waals surface area contributed by atoms with Gasteiger partial charge in [0, 0.05) is 6.04 Å². The van der Waals surface area contributed by atoms with Crippen LogP contribution in [0.1, 0.15) is 52.9 Å².